The monoisotopic (exact) mass is 389 g/mol. The van der Waals surface area contributed by atoms with Crippen molar-refractivity contribution in [3.63, 3.8) is 0 Å². The van der Waals surface area contributed by atoms with Gasteiger partial charge in [-0.25, -0.2) is 0 Å². The van der Waals surface area contributed by atoms with Crippen LogP contribution in [-0.2, 0) is 4.57 Å². The summed E-state index contributed by atoms with van der Waals surface area (Å²) in [4.78, 5) is 4.44. The second-order valence-corrected chi connectivity index (χ2v) is 10.9. The number of phenols is 1. The fraction of sp³-hybridized carbons (Fsp3) is 0.476. The lowest BCUT2D eigenvalue weighted by atomic mass is 10.1. The molecule has 1 aliphatic heterocycles. The van der Waals surface area contributed by atoms with E-state index in [1.54, 1.807) is 12.1 Å². The maximum absolute atomic E-state index is 13.8. The molecule has 2 unspecified atom stereocenters. The highest BCUT2D eigenvalue weighted by atomic mass is 31.2. The lowest BCUT2D eigenvalue weighted by Crippen LogP contribution is -2.14. The summed E-state index contributed by atoms with van der Waals surface area (Å²) in [5.74, 6) is 1.65. The first-order valence-corrected chi connectivity index (χ1v) is 11.5. The van der Waals surface area contributed by atoms with Crippen LogP contribution in [0.1, 0.15) is 36.0 Å². The third-order valence-electron chi connectivity index (χ3n) is 5.35. The van der Waals surface area contributed by atoms with Gasteiger partial charge in [0.05, 0.1) is 25.6 Å². The lowest BCUT2D eigenvalue weighted by Gasteiger charge is -2.26. The number of aryl methyl sites for hydroxylation is 2. The van der Waals surface area contributed by atoms with E-state index in [-0.39, 0.29) is 11.4 Å². The van der Waals surface area contributed by atoms with Crippen molar-refractivity contribution in [1.29, 1.82) is 0 Å². The molecule has 0 radical (unpaired) electrons. The molecule has 146 valence electrons. The number of pyridine rings is 1. The average molecular weight is 389 g/mol. The molecule has 1 fully saturated rings. The molecule has 2 heterocycles. The normalized spacial score (nSPS) is 23.2. The Kier molecular flexibility index (Phi) is 5.81. The van der Waals surface area contributed by atoms with E-state index >= 15 is 0 Å². The van der Waals surface area contributed by atoms with Gasteiger partial charge in [0.2, 0.25) is 0 Å². The second-order valence-electron chi connectivity index (χ2n) is 7.55. The van der Waals surface area contributed by atoms with Gasteiger partial charge in [-0.1, -0.05) is 13.0 Å². The molecule has 5 nitrogen and oxygen atoms in total. The number of hydrogen-bond donors (Lipinski definition) is 1. The standard InChI is InChI=1S/C21H28NO4P/c1-14-9-10-27(24,13-14)21(17-6-7-18(23)20(11-17)25-4)12-26-19-8-5-15(2)22-16(19)3/h5-8,11,14,21,23H,9-10,12-13H2,1-4H3/t14-,21?,27?/m1/s1. The van der Waals surface area contributed by atoms with Crippen LogP contribution in [0.5, 0.6) is 17.2 Å². The van der Waals surface area contributed by atoms with Crippen molar-refractivity contribution in [1.82, 2.24) is 4.98 Å². The number of rotatable bonds is 6. The van der Waals surface area contributed by atoms with Crippen molar-refractivity contribution in [2.75, 3.05) is 26.0 Å². The molecule has 1 aromatic heterocycles. The number of ether oxygens (including phenoxy) is 2. The highest BCUT2D eigenvalue weighted by Crippen LogP contribution is 2.65. The fourth-order valence-electron chi connectivity index (χ4n) is 3.83. The Balaban J connectivity index is 1.92. The molecule has 0 spiro atoms. The molecule has 0 bridgehead atoms. The van der Waals surface area contributed by atoms with Gasteiger partial charge in [-0.05, 0) is 56.0 Å². The van der Waals surface area contributed by atoms with E-state index < -0.39 is 7.14 Å². The minimum Gasteiger partial charge on any atom is -0.504 e. The first-order chi connectivity index (χ1) is 12.8. The van der Waals surface area contributed by atoms with Crippen molar-refractivity contribution >= 4 is 7.14 Å². The molecule has 6 heteroatoms. The number of methoxy groups -OCH3 is 1. The molecule has 1 saturated heterocycles. The maximum Gasteiger partial charge on any atom is 0.160 e. The highest BCUT2D eigenvalue weighted by Gasteiger charge is 2.40. The number of nitrogens with zero attached hydrogens (tertiary/aromatic N) is 1. The number of hydrogen-bond acceptors (Lipinski definition) is 5. The molecule has 0 aliphatic carbocycles. The first kappa shape index (κ1) is 19.8. The van der Waals surface area contributed by atoms with Crippen molar-refractivity contribution in [2.45, 2.75) is 32.9 Å². The summed E-state index contributed by atoms with van der Waals surface area (Å²) in [5, 5.41) is 9.93. The Morgan fingerprint density at radius 2 is 2.04 bits per heavy atom. The summed E-state index contributed by atoms with van der Waals surface area (Å²) in [7, 11) is -0.929. The molecule has 2 aromatic rings. The second kappa shape index (κ2) is 7.93. The van der Waals surface area contributed by atoms with Crippen LogP contribution in [0, 0.1) is 19.8 Å². The van der Waals surface area contributed by atoms with Crippen LogP contribution in [0.2, 0.25) is 0 Å². The Hall–Kier alpha value is -2.00. The number of aromatic nitrogens is 1. The van der Waals surface area contributed by atoms with Gasteiger partial charge >= 0.3 is 0 Å². The van der Waals surface area contributed by atoms with Crippen LogP contribution in [0.15, 0.2) is 30.3 Å². The molecular weight excluding hydrogens is 361 g/mol. The van der Waals surface area contributed by atoms with Gasteiger partial charge in [-0.15, -0.1) is 0 Å². The molecule has 0 amide bonds. The summed E-state index contributed by atoms with van der Waals surface area (Å²) in [6, 6.07) is 9.05. The number of phenolic OH excluding ortho intramolecular Hbond substituents is 1. The van der Waals surface area contributed by atoms with E-state index in [1.807, 2.05) is 32.0 Å². The van der Waals surface area contributed by atoms with Crippen LogP contribution in [-0.4, -0.2) is 36.1 Å². The summed E-state index contributed by atoms with van der Waals surface area (Å²) in [6.45, 7) is 6.34. The zero-order chi connectivity index (χ0) is 19.6. The molecule has 27 heavy (non-hydrogen) atoms. The van der Waals surface area contributed by atoms with Crippen LogP contribution in [0.3, 0.4) is 0 Å². The van der Waals surface area contributed by atoms with E-state index in [0.717, 1.165) is 41.4 Å². The average Bonchev–Trinajstić information content (AvgIpc) is 2.97. The Labute approximate surface area is 161 Å². The van der Waals surface area contributed by atoms with E-state index in [1.165, 1.54) is 7.11 Å². The SMILES string of the molecule is COc1cc(C(COc2ccc(C)nc2C)P2(=O)CC[C@@H](C)C2)ccc1O. The molecular formula is C21H28NO4P. The number of benzene rings is 1. The minimum atomic E-state index is -2.45. The Bertz CT molecular complexity index is 867. The van der Waals surface area contributed by atoms with Crippen LogP contribution >= 0.6 is 7.14 Å². The molecule has 1 N–H and O–H groups in total. The molecule has 0 saturated carbocycles. The third kappa shape index (κ3) is 4.30. The fourth-order valence-corrected chi connectivity index (χ4v) is 7.75. The quantitative estimate of drug-likeness (QED) is 0.709. The summed E-state index contributed by atoms with van der Waals surface area (Å²) in [5.41, 5.74) is 2.43. The highest BCUT2D eigenvalue weighted by molar-refractivity contribution is 7.64. The van der Waals surface area contributed by atoms with E-state index in [9.17, 15) is 9.67 Å². The lowest BCUT2D eigenvalue weighted by molar-refractivity contribution is 0.309. The van der Waals surface area contributed by atoms with E-state index in [4.69, 9.17) is 9.47 Å². The first-order valence-electron chi connectivity index (χ1n) is 9.34. The van der Waals surface area contributed by atoms with Crippen molar-refractivity contribution < 1.29 is 19.1 Å². The van der Waals surface area contributed by atoms with Crippen LogP contribution in [0.25, 0.3) is 0 Å². The maximum atomic E-state index is 13.8. The molecule has 1 aliphatic rings. The summed E-state index contributed by atoms with van der Waals surface area (Å²) < 4.78 is 25.1. The predicted molar refractivity (Wildman–Crippen MR) is 108 cm³/mol. The number of aromatic hydroxyl groups is 1. The van der Waals surface area contributed by atoms with Gasteiger partial charge in [0.25, 0.3) is 0 Å². The Morgan fingerprint density at radius 3 is 2.67 bits per heavy atom. The van der Waals surface area contributed by atoms with Gasteiger partial charge in [-0.3, -0.25) is 4.98 Å². The third-order valence-corrected chi connectivity index (χ3v) is 9.19. The molecule has 3 atom stereocenters. The van der Waals surface area contributed by atoms with E-state index in [2.05, 4.69) is 11.9 Å². The zero-order valence-corrected chi connectivity index (χ0v) is 17.3. The van der Waals surface area contributed by atoms with Gasteiger partial charge in [0.1, 0.15) is 12.4 Å². The predicted octanol–water partition coefficient (Wildman–Crippen LogP) is 4.94. The van der Waals surface area contributed by atoms with Gasteiger partial charge in [-0.2, -0.15) is 0 Å². The topological polar surface area (TPSA) is 68.7 Å². The Morgan fingerprint density at radius 1 is 1.26 bits per heavy atom. The minimum absolute atomic E-state index is 0.0811. The van der Waals surface area contributed by atoms with Crippen molar-refractivity contribution in [3.8, 4) is 17.2 Å². The molecule has 3 rings (SSSR count). The van der Waals surface area contributed by atoms with Crippen LogP contribution in [0.4, 0.5) is 0 Å². The van der Waals surface area contributed by atoms with E-state index in [0.29, 0.717) is 18.3 Å². The molecule has 1 aromatic carbocycles. The van der Waals surface area contributed by atoms with Crippen molar-refractivity contribution in [2.24, 2.45) is 5.92 Å². The smallest absolute Gasteiger partial charge is 0.160 e. The van der Waals surface area contributed by atoms with Gasteiger partial charge in [0, 0.05) is 18.0 Å². The van der Waals surface area contributed by atoms with Crippen LogP contribution < -0.4 is 9.47 Å². The van der Waals surface area contributed by atoms with Gasteiger partial charge in [0.15, 0.2) is 11.5 Å². The largest absolute Gasteiger partial charge is 0.504 e. The summed E-state index contributed by atoms with van der Waals surface area (Å²) >= 11 is 0. The zero-order valence-electron chi connectivity index (χ0n) is 16.4. The summed E-state index contributed by atoms with van der Waals surface area (Å²) in [6.07, 6.45) is 2.44. The van der Waals surface area contributed by atoms with Crippen molar-refractivity contribution in [3.05, 3.63) is 47.3 Å². The van der Waals surface area contributed by atoms with Gasteiger partial charge < -0.3 is 19.1 Å².